The fourth-order valence-electron chi connectivity index (χ4n) is 4.52. The van der Waals surface area contributed by atoms with Gasteiger partial charge in [0.25, 0.3) is 0 Å². The minimum atomic E-state index is -0.238. The molecule has 0 aliphatic carbocycles. The van der Waals surface area contributed by atoms with Crippen LogP contribution in [0.15, 0.2) is 30.6 Å². The first-order chi connectivity index (χ1) is 14.3. The predicted octanol–water partition coefficient (Wildman–Crippen LogP) is 3.55. The number of aromatic nitrogens is 2. The van der Waals surface area contributed by atoms with Gasteiger partial charge in [-0.05, 0) is 42.0 Å². The summed E-state index contributed by atoms with van der Waals surface area (Å²) in [6, 6.07) is 7.03. The van der Waals surface area contributed by atoms with Crippen LogP contribution in [-0.2, 0) is 16.6 Å². The number of piperazine rings is 1. The molecule has 0 spiro atoms. The van der Waals surface area contributed by atoms with Gasteiger partial charge in [-0.25, -0.2) is 9.97 Å². The number of ketones is 1. The van der Waals surface area contributed by atoms with E-state index in [2.05, 4.69) is 58.7 Å². The summed E-state index contributed by atoms with van der Waals surface area (Å²) in [6.07, 6.45) is 5.28. The van der Waals surface area contributed by atoms with Gasteiger partial charge in [0.05, 0.1) is 6.61 Å². The molecule has 0 radical (unpaired) electrons. The molecule has 1 saturated heterocycles. The zero-order valence-electron chi connectivity index (χ0n) is 18.5. The summed E-state index contributed by atoms with van der Waals surface area (Å²) in [7, 11) is 0. The lowest BCUT2D eigenvalue weighted by atomic mass is 9.82. The Morgan fingerprint density at radius 1 is 1.17 bits per heavy atom. The Bertz CT molecular complexity index is 902. The molecule has 30 heavy (non-hydrogen) atoms. The van der Waals surface area contributed by atoms with Crippen LogP contribution in [0.4, 0.5) is 5.95 Å². The van der Waals surface area contributed by atoms with E-state index < -0.39 is 0 Å². The number of benzene rings is 1. The molecule has 1 fully saturated rings. The lowest BCUT2D eigenvalue weighted by molar-refractivity contribution is -0.118. The molecule has 2 aromatic rings. The Morgan fingerprint density at radius 2 is 1.87 bits per heavy atom. The van der Waals surface area contributed by atoms with Gasteiger partial charge >= 0.3 is 0 Å². The van der Waals surface area contributed by atoms with Gasteiger partial charge in [-0.2, -0.15) is 0 Å². The Labute approximate surface area is 179 Å². The fraction of sp³-hybridized carbons (Fsp3) is 0.542. The number of fused-ring (bicyclic) bond motifs is 1. The first-order valence-corrected chi connectivity index (χ1v) is 10.9. The topological polar surface area (TPSA) is 58.6 Å². The van der Waals surface area contributed by atoms with E-state index in [9.17, 15) is 4.79 Å². The smallest absolute Gasteiger partial charge is 0.225 e. The van der Waals surface area contributed by atoms with E-state index in [1.807, 2.05) is 12.4 Å². The van der Waals surface area contributed by atoms with E-state index in [4.69, 9.17) is 4.74 Å². The van der Waals surface area contributed by atoms with E-state index >= 15 is 0 Å². The minimum Gasteiger partial charge on any atom is -0.493 e. The van der Waals surface area contributed by atoms with Crippen LogP contribution in [0, 0.1) is 0 Å². The van der Waals surface area contributed by atoms with E-state index in [1.54, 1.807) is 6.92 Å². The molecule has 1 aromatic heterocycles. The minimum absolute atomic E-state index is 0.184. The highest BCUT2D eigenvalue weighted by Crippen LogP contribution is 2.31. The molecule has 0 saturated carbocycles. The number of hydrogen-bond donors (Lipinski definition) is 0. The van der Waals surface area contributed by atoms with Gasteiger partial charge in [-0.1, -0.05) is 26.0 Å². The van der Waals surface area contributed by atoms with Gasteiger partial charge in [0, 0.05) is 57.5 Å². The second kappa shape index (κ2) is 8.34. The van der Waals surface area contributed by atoms with Crippen molar-refractivity contribution in [2.45, 2.75) is 52.0 Å². The van der Waals surface area contributed by atoms with Crippen LogP contribution in [0.25, 0.3) is 0 Å². The maximum atomic E-state index is 11.5. The van der Waals surface area contributed by atoms with E-state index in [-0.39, 0.29) is 11.2 Å². The molecular weight excluding hydrogens is 376 g/mol. The third kappa shape index (κ3) is 4.33. The Kier molecular flexibility index (Phi) is 5.78. The standard InChI is InChI=1S/C24H32N4O2/c1-17(29)14-24(3,4)21-15-25-23(26-16-21)28-10-8-27(9-11-28)18(2)20-6-5-19-7-12-30-22(19)13-20/h5-6,13,15-16,18H,7-12,14H2,1-4H3. The van der Waals surface area contributed by atoms with E-state index in [0.717, 1.165) is 56.5 Å². The first kappa shape index (κ1) is 20.8. The molecule has 0 amide bonds. The van der Waals surface area contributed by atoms with Gasteiger partial charge in [-0.15, -0.1) is 0 Å². The maximum Gasteiger partial charge on any atom is 0.225 e. The number of ether oxygens (including phenoxy) is 1. The molecular formula is C24H32N4O2. The lowest BCUT2D eigenvalue weighted by Gasteiger charge is -2.38. The quantitative estimate of drug-likeness (QED) is 0.729. The number of hydrogen-bond acceptors (Lipinski definition) is 6. The largest absolute Gasteiger partial charge is 0.493 e. The molecule has 4 rings (SSSR count). The predicted molar refractivity (Wildman–Crippen MR) is 118 cm³/mol. The molecule has 3 heterocycles. The van der Waals surface area contributed by atoms with Crippen LogP contribution in [0.5, 0.6) is 5.75 Å². The number of carbonyl (C=O) groups excluding carboxylic acids is 1. The highest BCUT2D eigenvalue weighted by molar-refractivity contribution is 5.77. The van der Waals surface area contributed by atoms with Gasteiger partial charge in [-0.3, -0.25) is 9.69 Å². The third-order valence-corrected chi connectivity index (χ3v) is 6.46. The Hall–Kier alpha value is -2.47. The van der Waals surface area contributed by atoms with Crippen LogP contribution >= 0.6 is 0 Å². The number of carbonyl (C=O) groups is 1. The summed E-state index contributed by atoms with van der Waals surface area (Å²) < 4.78 is 5.74. The normalized spacial score (nSPS) is 18.1. The van der Waals surface area contributed by atoms with Crippen molar-refractivity contribution in [1.82, 2.24) is 14.9 Å². The SMILES string of the molecule is CC(=O)CC(C)(C)c1cnc(N2CCN(C(C)c3ccc4c(c3)OCC4)CC2)nc1. The summed E-state index contributed by atoms with van der Waals surface area (Å²) in [5.41, 5.74) is 3.41. The van der Waals surface area contributed by atoms with Crippen molar-refractivity contribution in [3.8, 4) is 5.75 Å². The summed E-state index contributed by atoms with van der Waals surface area (Å²) in [5.74, 6) is 2.01. The highest BCUT2D eigenvalue weighted by Gasteiger charge is 2.26. The van der Waals surface area contributed by atoms with Gasteiger partial charge < -0.3 is 9.64 Å². The monoisotopic (exact) mass is 408 g/mol. The van der Waals surface area contributed by atoms with Crippen molar-refractivity contribution in [2.75, 3.05) is 37.7 Å². The van der Waals surface area contributed by atoms with Gasteiger partial charge in [0.1, 0.15) is 11.5 Å². The Morgan fingerprint density at radius 3 is 2.53 bits per heavy atom. The highest BCUT2D eigenvalue weighted by atomic mass is 16.5. The van der Waals surface area contributed by atoms with Crippen LogP contribution in [0.2, 0.25) is 0 Å². The van der Waals surface area contributed by atoms with Gasteiger partial charge in [0.15, 0.2) is 0 Å². The average molecular weight is 409 g/mol. The van der Waals surface area contributed by atoms with Crippen LogP contribution in [0.3, 0.4) is 0 Å². The van der Waals surface area contributed by atoms with Crippen LogP contribution < -0.4 is 9.64 Å². The van der Waals surface area contributed by atoms with Crippen molar-refractivity contribution in [3.05, 3.63) is 47.3 Å². The molecule has 1 unspecified atom stereocenters. The molecule has 160 valence electrons. The van der Waals surface area contributed by atoms with Crippen LogP contribution in [0.1, 0.15) is 56.8 Å². The van der Waals surface area contributed by atoms with Crippen molar-refractivity contribution in [2.24, 2.45) is 0 Å². The van der Waals surface area contributed by atoms with Crippen molar-refractivity contribution >= 4 is 11.7 Å². The van der Waals surface area contributed by atoms with Crippen LogP contribution in [-0.4, -0.2) is 53.4 Å². The van der Waals surface area contributed by atoms with Crippen molar-refractivity contribution < 1.29 is 9.53 Å². The summed E-state index contributed by atoms with van der Waals surface area (Å²) in [5, 5.41) is 0. The van der Waals surface area contributed by atoms with E-state index in [0.29, 0.717) is 12.5 Å². The molecule has 0 N–H and O–H groups in total. The summed E-state index contributed by atoms with van der Waals surface area (Å²) >= 11 is 0. The number of Topliss-reactive ketones (excluding diaryl/α,β-unsaturated/α-hetero) is 1. The van der Waals surface area contributed by atoms with Crippen molar-refractivity contribution in [3.63, 3.8) is 0 Å². The molecule has 1 atom stereocenters. The number of nitrogens with zero attached hydrogens (tertiary/aromatic N) is 4. The maximum absolute atomic E-state index is 11.5. The molecule has 6 heteroatoms. The fourth-order valence-corrected chi connectivity index (χ4v) is 4.52. The lowest BCUT2D eigenvalue weighted by Crippen LogP contribution is -2.47. The second-order valence-corrected chi connectivity index (χ2v) is 9.20. The second-order valence-electron chi connectivity index (χ2n) is 9.20. The third-order valence-electron chi connectivity index (χ3n) is 6.46. The molecule has 2 aliphatic heterocycles. The molecule has 2 aliphatic rings. The van der Waals surface area contributed by atoms with Gasteiger partial charge in [0.2, 0.25) is 5.95 Å². The van der Waals surface area contributed by atoms with E-state index in [1.165, 1.54) is 11.1 Å². The summed E-state index contributed by atoms with van der Waals surface area (Å²) in [6.45, 7) is 12.6. The Balaban J connectivity index is 1.37. The zero-order chi connectivity index (χ0) is 21.3. The molecule has 1 aromatic carbocycles. The first-order valence-electron chi connectivity index (χ1n) is 10.9. The molecule has 0 bridgehead atoms. The zero-order valence-corrected chi connectivity index (χ0v) is 18.5. The van der Waals surface area contributed by atoms with Crippen molar-refractivity contribution in [1.29, 1.82) is 0 Å². The average Bonchev–Trinajstić information content (AvgIpc) is 3.20. The number of anilines is 1. The summed E-state index contributed by atoms with van der Waals surface area (Å²) in [4.78, 5) is 25.5. The molecule has 6 nitrogen and oxygen atoms in total. The number of rotatable bonds is 6.